The van der Waals surface area contributed by atoms with Crippen molar-refractivity contribution in [1.82, 2.24) is 0 Å². The van der Waals surface area contributed by atoms with Crippen LogP contribution in [-0.4, -0.2) is 21.1 Å². The highest BCUT2D eigenvalue weighted by atomic mass is 18.2. The summed E-state index contributed by atoms with van der Waals surface area (Å²) < 4.78 is 13.8. The van der Waals surface area contributed by atoms with Gasteiger partial charge in [0.15, 0.2) is 0 Å². The van der Waals surface area contributed by atoms with E-state index in [9.17, 15) is 4.39 Å². The van der Waals surface area contributed by atoms with Gasteiger partial charge in [0.1, 0.15) is 5.82 Å². The zero-order chi connectivity index (χ0) is 14.5. The summed E-state index contributed by atoms with van der Waals surface area (Å²) in [5, 5.41) is 3.07. The Morgan fingerprint density at radius 2 is 1.55 bits per heavy atom. The molecule has 0 bridgehead atoms. The van der Waals surface area contributed by atoms with Gasteiger partial charge in [-0.1, -0.05) is 30.4 Å². The lowest BCUT2D eigenvalue weighted by atomic mass is 10.1. The molecule has 0 aliphatic rings. The Hall–Kier alpha value is -2.29. The van der Waals surface area contributed by atoms with Crippen LogP contribution in [0.4, 0.5) is 15.8 Å². The third kappa shape index (κ3) is 3.38. The van der Waals surface area contributed by atoms with Crippen molar-refractivity contribution in [1.29, 1.82) is 0 Å². The van der Waals surface area contributed by atoms with Gasteiger partial charge < -0.3 is 10.2 Å². The van der Waals surface area contributed by atoms with E-state index in [4.69, 9.17) is 0 Å². The van der Waals surface area contributed by atoms with Gasteiger partial charge in [-0.25, -0.2) is 4.39 Å². The fraction of sp³-hybridized carbons (Fsp3) is 0.176. The summed E-state index contributed by atoms with van der Waals surface area (Å²) in [6, 6.07) is 13.3. The minimum absolute atomic E-state index is 0.206. The van der Waals surface area contributed by atoms with E-state index in [-0.39, 0.29) is 5.82 Å². The number of benzene rings is 2. The molecule has 0 unspecified atom stereocenters. The van der Waals surface area contributed by atoms with Crippen LogP contribution in [0, 0.1) is 5.82 Å². The van der Waals surface area contributed by atoms with Crippen LogP contribution in [0.3, 0.4) is 0 Å². The lowest BCUT2D eigenvalue weighted by Gasteiger charge is -2.13. The number of hydrogen-bond acceptors (Lipinski definition) is 2. The van der Waals surface area contributed by atoms with Gasteiger partial charge in [0.2, 0.25) is 0 Å². The summed E-state index contributed by atoms with van der Waals surface area (Å²) in [6.07, 6.45) is 3.89. The first-order chi connectivity index (χ1) is 9.60. The molecule has 3 heteroatoms. The van der Waals surface area contributed by atoms with Crippen molar-refractivity contribution in [3.8, 4) is 0 Å². The third-order valence-corrected chi connectivity index (χ3v) is 3.12. The first kappa shape index (κ1) is 14.1. The minimum Gasteiger partial charge on any atom is -0.388 e. The molecule has 0 radical (unpaired) electrons. The Morgan fingerprint density at radius 3 is 2.10 bits per heavy atom. The first-order valence-corrected chi connectivity index (χ1v) is 6.53. The van der Waals surface area contributed by atoms with Crippen LogP contribution < -0.4 is 10.2 Å². The molecular weight excluding hydrogens is 250 g/mol. The predicted molar refractivity (Wildman–Crippen MR) is 85.6 cm³/mol. The van der Waals surface area contributed by atoms with Crippen LogP contribution in [0.2, 0.25) is 0 Å². The predicted octanol–water partition coefficient (Wildman–Crippen LogP) is 4.10. The molecule has 2 nitrogen and oxygen atoms in total. The smallest absolute Gasteiger partial charge is 0.147 e. The molecule has 20 heavy (non-hydrogen) atoms. The van der Waals surface area contributed by atoms with E-state index in [0.29, 0.717) is 5.69 Å². The molecular formula is C17H19FN2. The molecule has 0 heterocycles. The van der Waals surface area contributed by atoms with Crippen molar-refractivity contribution in [3.05, 3.63) is 59.4 Å². The summed E-state index contributed by atoms with van der Waals surface area (Å²) in [5.41, 5.74) is 3.61. The van der Waals surface area contributed by atoms with Gasteiger partial charge in [-0.05, 0) is 35.4 Å². The van der Waals surface area contributed by atoms with Gasteiger partial charge >= 0.3 is 0 Å². The number of rotatable bonds is 4. The van der Waals surface area contributed by atoms with Crippen LogP contribution in [-0.2, 0) is 0 Å². The minimum atomic E-state index is -0.206. The largest absolute Gasteiger partial charge is 0.388 e. The molecule has 0 aliphatic heterocycles. The van der Waals surface area contributed by atoms with E-state index in [2.05, 4.69) is 5.32 Å². The monoisotopic (exact) mass is 269 g/mol. The van der Waals surface area contributed by atoms with Crippen molar-refractivity contribution >= 4 is 23.5 Å². The second-order valence-electron chi connectivity index (χ2n) is 4.81. The molecule has 0 fully saturated rings. The maximum absolute atomic E-state index is 13.8. The van der Waals surface area contributed by atoms with E-state index < -0.39 is 0 Å². The highest BCUT2D eigenvalue weighted by Gasteiger charge is 2.03. The molecule has 2 aromatic rings. The summed E-state index contributed by atoms with van der Waals surface area (Å²) in [7, 11) is 5.55. The average Bonchev–Trinajstić information content (AvgIpc) is 2.45. The highest BCUT2D eigenvalue weighted by molar-refractivity contribution is 5.71. The van der Waals surface area contributed by atoms with E-state index >= 15 is 0 Å². The molecule has 104 valence electrons. The quantitative estimate of drug-likeness (QED) is 0.840. The molecule has 0 aliphatic carbocycles. The van der Waals surface area contributed by atoms with Crippen LogP contribution in [0.1, 0.15) is 11.1 Å². The Kier molecular flexibility index (Phi) is 4.41. The van der Waals surface area contributed by atoms with E-state index in [1.54, 1.807) is 17.0 Å². The number of hydrogen-bond donors (Lipinski definition) is 1. The van der Waals surface area contributed by atoms with Crippen molar-refractivity contribution in [2.24, 2.45) is 0 Å². The van der Waals surface area contributed by atoms with Gasteiger partial charge in [-0.15, -0.1) is 0 Å². The van der Waals surface area contributed by atoms with Crippen LogP contribution in [0.15, 0.2) is 42.5 Å². The van der Waals surface area contributed by atoms with Gasteiger partial charge in [-0.2, -0.15) is 0 Å². The van der Waals surface area contributed by atoms with Gasteiger partial charge in [0, 0.05) is 26.8 Å². The summed E-state index contributed by atoms with van der Waals surface area (Å²) >= 11 is 0. The molecule has 0 spiro atoms. The standard InChI is InChI=1S/C17H19FN2/c1-19-15-9-6-13(7-10-15)4-5-14-8-11-17(20(2)3)16(18)12-14/h4-12,19H,1-3H3/b5-4+/i18-1. The maximum atomic E-state index is 13.8. The molecule has 0 aromatic heterocycles. The fourth-order valence-electron chi connectivity index (χ4n) is 1.94. The molecule has 0 atom stereocenters. The zero-order valence-electron chi connectivity index (χ0n) is 12.0. The Labute approximate surface area is 119 Å². The summed E-state index contributed by atoms with van der Waals surface area (Å²) in [5.74, 6) is -0.206. The molecule has 2 aromatic carbocycles. The first-order valence-electron chi connectivity index (χ1n) is 6.53. The van der Waals surface area contributed by atoms with Gasteiger partial charge in [0.25, 0.3) is 0 Å². The number of nitrogens with one attached hydrogen (secondary N) is 1. The summed E-state index contributed by atoms with van der Waals surface area (Å²) in [4.78, 5) is 1.76. The van der Waals surface area contributed by atoms with Gasteiger partial charge in [0.05, 0.1) is 5.69 Å². The van der Waals surface area contributed by atoms with Crippen molar-refractivity contribution in [2.45, 2.75) is 0 Å². The third-order valence-electron chi connectivity index (χ3n) is 3.12. The molecule has 0 saturated heterocycles. The van der Waals surface area contributed by atoms with Crippen LogP contribution in [0.25, 0.3) is 12.2 Å². The van der Waals surface area contributed by atoms with E-state index in [0.717, 1.165) is 16.8 Å². The van der Waals surface area contributed by atoms with Crippen molar-refractivity contribution in [2.75, 3.05) is 31.4 Å². The van der Waals surface area contributed by atoms with Crippen molar-refractivity contribution < 1.29 is 4.39 Å². The lowest BCUT2D eigenvalue weighted by molar-refractivity contribution is 0.626. The van der Waals surface area contributed by atoms with Crippen LogP contribution in [0.5, 0.6) is 0 Å². The highest BCUT2D eigenvalue weighted by Crippen LogP contribution is 2.20. The second kappa shape index (κ2) is 6.24. The second-order valence-corrected chi connectivity index (χ2v) is 4.81. The molecule has 0 saturated carbocycles. The lowest BCUT2D eigenvalue weighted by Crippen LogP contribution is -2.10. The zero-order valence-corrected chi connectivity index (χ0v) is 12.0. The Morgan fingerprint density at radius 1 is 0.950 bits per heavy atom. The molecule has 1 N–H and O–H groups in total. The van der Waals surface area contributed by atoms with E-state index in [1.165, 1.54) is 0 Å². The summed E-state index contributed by atoms with van der Waals surface area (Å²) in [6.45, 7) is 0. The van der Waals surface area contributed by atoms with E-state index in [1.807, 2.05) is 63.6 Å². The topological polar surface area (TPSA) is 15.3 Å². The number of halogens is 1. The molecule has 2 rings (SSSR count). The van der Waals surface area contributed by atoms with Crippen LogP contribution >= 0.6 is 0 Å². The normalized spacial score (nSPS) is 10.8. The Balaban J connectivity index is 2.16. The number of anilines is 2. The SMILES string of the molecule is CNc1ccc(/C=C/c2ccc(N(C)C)c([18F])c2)cc1. The maximum Gasteiger partial charge on any atom is 0.147 e. The van der Waals surface area contributed by atoms with Crippen molar-refractivity contribution in [3.63, 3.8) is 0 Å². The van der Waals surface area contributed by atoms with Gasteiger partial charge in [-0.3, -0.25) is 0 Å². The number of nitrogens with zero attached hydrogens (tertiary/aromatic N) is 1. The molecule has 0 amide bonds. The Bertz CT molecular complexity index is 601. The fourth-order valence-corrected chi connectivity index (χ4v) is 1.94. The average molecular weight is 269 g/mol.